The average molecular weight is 157 g/mol. The Morgan fingerprint density at radius 3 is 2.73 bits per heavy atom. The predicted octanol–water partition coefficient (Wildman–Crippen LogP) is 1.55. The number of hydrogen-bond donors (Lipinski definition) is 1. The first kappa shape index (κ1) is 9.01. The van der Waals surface area contributed by atoms with Crippen molar-refractivity contribution in [2.24, 2.45) is 0 Å². The first-order valence-electron chi connectivity index (χ1n) is 4.57. The summed E-state index contributed by atoms with van der Waals surface area (Å²) in [4.78, 5) is 0. The van der Waals surface area contributed by atoms with Crippen LogP contribution in [-0.2, 0) is 4.74 Å². The molecule has 0 aromatic heterocycles. The molecule has 0 aliphatic carbocycles. The van der Waals surface area contributed by atoms with Crippen LogP contribution in [0.5, 0.6) is 0 Å². The van der Waals surface area contributed by atoms with Crippen LogP contribution in [0.25, 0.3) is 0 Å². The largest absolute Gasteiger partial charge is 0.375 e. The molecule has 2 atom stereocenters. The molecule has 0 radical (unpaired) electrons. The van der Waals surface area contributed by atoms with Crippen molar-refractivity contribution >= 4 is 0 Å². The third kappa shape index (κ3) is 3.21. The van der Waals surface area contributed by atoms with E-state index in [2.05, 4.69) is 26.1 Å². The molecule has 1 rings (SSSR count). The molecule has 1 aliphatic rings. The average Bonchev–Trinajstić information content (AvgIpc) is 1.85. The van der Waals surface area contributed by atoms with Crippen molar-refractivity contribution in [1.29, 1.82) is 0 Å². The Morgan fingerprint density at radius 2 is 2.18 bits per heavy atom. The van der Waals surface area contributed by atoms with Crippen LogP contribution >= 0.6 is 0 Å². The maximum atomic E-state index is 5.72. The predicted molar refractivity (Wildman–Crippen MR) is 46.7 cm³/mol. The second-order valence-electron chi connectivity index (χ2n) is 3.69. The molecule has 1 heterocycles. The molecule has 11 heavy (non-hydrogen) atoms. The highest BCUT2D eigenvalue weighted by Crippen LogP contribution is 2.13. The van der Waals surface area contributed by atoms with E-state index in [0.717, 1.165) is 13.0 Å². The van der Waals surface area contributed by atoms with Crippen LogP contribution in [0.2, 0.25) is 0 Å². The minimum absolute atomic E-state index is 0.380. The summed E-state index contributed by atoms with van der Waals surface area (Å²) in [6, 6.07) is 0.632. The van der Waals surface area contributed by atoms with Crippen molar-refractivity contribution in [3.63, 3.8) is 0 Å². The highest BCUT2D eigenvalue weighted by Gasteiger charge is 2.19. The topological polar surface area (TPSA) is 21.3 Å². The van der Waals surface area contributed by atoms with Crippen LogP contribution in [0.4, 0.5) is 0 Å². The standard InChI is InChI=1S/C9H19NO/c1-7(2)11-9-4-5-10-8(3)6-9/h7-10H,4-6H2,1-3H3/t8-,9-/m0/s1. The van der Waals surface area contributed by atoms with Crippen molar-refractivity contribution in [2.75, 3.05) is 6.54 Å². The van der Waals surface area contributed by atoms with Crippen molar-refractivity contribution in [3.05, 3.63) is 0 Å². The Bertz CT molecular complexity index is 112. The molecule has 0 aromatic rings. The van der Waals surface area contributed by atoms with Gasteiger partial charge >= 0.3 is 0 Å². The molecule has 1 saturated heterocycles. The van der Waals surface area contributed by atoms with E-state index in [1.165, 1.54) is 6.42 Å². The molecular formula is C9H19NO. The van der Waals surface area contributed by atoms with E-state index >= 15 is 0 Å². The molecule has 2 heteroatoms. The molecule has 2 nitrogen and oxygen atoms in total. The minimum atomic E-state index is 0.380. The van der Waals surface area contributed by atoms with E-state index in [1.807, 2.05) is 0 Å². The van der Waals surface area contributed by atoms with Gasteiger partial charge in [-0.05, 0) is 40.2 Å². The van der Waals surface area contributed by atoms with Gasteiger partial charge in [0.1, 0.15) is 0 Å². The fraction of sp³-hybridized carbons (Fsp3) is 1.00. The minimum Gasteiger partial charge on any atom is -0.375 e. The quantitative estimate of drug-likeness (QED) is 0.656. The summed E-state index contributed by atoms with van der Waals surface area (Å²) in [6.45, 7) is 7.54. The lowest BCUT2D eigenvalue weighted by atomic mass is 10.0. The van der Waals surface area contributed by atoms with Crippen LogP contribution in [0.15, 0.2) is 0 Å². The summed E-state index contributed by atoms with van der Waals surface area (Å²) < 4.78 is 5.72. The van der Waals surface area contributed by atoms with Crippen molar-refractivity contribution in [2.45, 2.75) is 51.9 Å². The fourth-order valence-electron chi connectivity index (χ4n) is 1.59. The molecule has 0 saturated carbocycles. The lowest BCUT2D eigenvalue weighted by molar-refractivity contribution is -0.0150. The van der Waals surface area contributed by atoms with Gasteiger partial charge in [0.15, 0.2) is 0 Å². The molecular weight excluding hydrogens is 138 g/mol. The van der Waals surface area contributed by atoms with Crippen LogP contribution in [0.3, 0.4) is 0 Å². The van der Waals surface area contributed by atoms with E-state index in [1.54, 1.807) is 0 Å². The molecule has 0 aromatic carbocycles. The van der Waals surface area contributed by atoms with Crippen molar-refractivity contribution in [3.8, 4) is 0 Å². The Hall–Kier alpha value is -0.0800. The Morgan fingerprint density at radius 1 is 1.45 bits per heavy atom. The van der Waals surface area contributed by atoms with Crippen LogP contribution < -0.4 is 5.32 Å². The summed E-state index contributed by atoms with van der Waals surface area (Å²) in [7, 11) is 0. The zero-order valence-corrected chi connectivity index (χ0v) is 7.76. The smallest absolute Gasteiger partial charge is 0.0605 e. The summed E-state index contributed by atoms with van der Waals surface area (Å²) in [5.74, 6) is 0. The van der Waals surface area contributed by atoms with Crippen molar-refractivity contribution < 1.29 is 4.74 Å². The maximum Gasteiger partial charge on any atom is 0.0605 e. The molecule has 0 unspecified atom stereocenters. The Labute approximate surface area is 69.3 Å². The van der Waals surface area contributed by atoms with Gasteiger partial charge < -0.3 is 10.1 Å². The van der Waals surface area contributed by atoms with E-state index in [4.69, 9.17) is 4.74 Å². The second kappa shape index (κ2) is 4.07. The van der Waals surface area contributed by atoms with E-state index in [9.17, 15) is 0 Å². The summed E-state index contributed by atoms with van der Waals surface area (Å²) >= 11 is 0. The lowest BCUT2D eigenvalue weighted by Gasteiger charge is -2.29. The molecule has 1 aliphatic heterocycles. The molecule has 1 fully saturated rings. The Balaban J connectivity index is 2.23. The van der Waals surface area contributed by atoms with Gasteiger partial charge in [0.05, 0.1) is 12.2 Å². The van der Waals surface area contributed by atoms with E-state index in [0.29, 0.717) is 18.2 Å². The van der Waals surface area contributed by atoms with E-state index < -0.39 is 0 Å². The highest BCUT2D eigenvalue weighted by molar-refractivity contribution is 4.75. The Kier molecular flexibility index (Phi) is 3.34. The zero-order valence-electron chi connectivity index (χ0n) is 7.76. The zero-order chi connectivity index (χ0) is 8.27. The number of hydrogen-bond acceptors (Lipinski definition) is 2. The molecule has 0 bridgehead atoms. The van der Waals surface area contributed by atoms with Crippen LogP contribution in [0, 0.1) is 0 Å². The van der Waals surface area contributed by atoms with Gasteiger partial charge in [-0.3, -0.25) is 0 Å². The van der Waals surface area contributed by atoms with Gasteiger partial charge in [0.2, 0.25) is 0 Å². The molecule has 1 N–H and O–H groups in total. The molecule has 66 valence electrons. The SMILES string of the molecule is CC(C)O[C@H]1CCN[C@@H](C)C1. The first-order valence-corrected chi connectivity index (χ1v) is 4.57. The molecule has 0 amide bonds. The van der Waals surface area contributed by atoms with E-state index in [-0.39, 0.29) is 0 Å². The monoisotopic (exact) mass is 157 g/mol. The van der Waals surface area contributed by atoms with Gasteiger partial charge in [-0.25, -0.2) is 0 Å². The third-order valence-electron chi connectivity index (χ3n) is 2.04. The van der Waals surface area contributed by atoms with Crippen LogP contribution in [0.1, 0.15) is 33.6 Å². The normalized spacial score (nSPS) is 32.7. The summed E-state index contributed by atoms with van der Waals surface area (Å²) in [5.41, 5.74) is 0. The second-order valence-corrected chi connectivity index (χ2v) is 3.69. The van der Waals surface area contributed by atoms with Crippen molar-refractivity contribution in [1.82, 2.24) is 5.32 Å². The number of nitrogens with one attached hydrogen (secondary N) is 1. The van der Waals surface area contributed by atoms with Crippen LogP contribution in [-0.4, -0.2) is 24.8 Å². The fourth-order valence-corrected chi connectivity index (χ4v) is 1.59. The van der Waals surface area contributed by atoms with Gasteiger partial charge in [-0.15, -0.1) is 0 Å². The van der Waals surface area contributed by atoms with Gasteiger partial charge in [-0.2, -0.15) is 0 Å². The van der Waals surface area contributed by atoms with Gasteiger partial charge in [0.25, 0.3) is 0 Å². The number of piperidine rings is 1. The van der Waals surface area contributed by atoms with Gasteiger partial charge in [0, 0.05) is 6.04 Å². The maximum absolute atomic E-state index is 5.72. The molecule has 0 spiro atoms. The highest BCUT2D eigenvalue weighted by atomic mass is 16.5. The first-order chi connectivity index (χ1) is 5.18. The number of ether oxygens (including phenoxy) is 1. The lowest BCUT2D eigenvalue weighted by Crippen LogP contribution is -2.40. The number of rotatable bonds is 2. The summed E-state index contributed by atoms with van der Waals surface area (Å²) in [5, 5.41) is 3.41. The third-order valence-corrected chi connectivity index (χ3v) is 2.04. The van der Waals surface area contributed by atoms with Gasteiger partial charge in [-0.1, -0.05) is 0 Å². The summed E-state index contributed by atoms with van der Waals surface area (Å²) in [6.07, 6.45) is 3.21.